The fourth-order valence-electron chi connectivity index (χ4n) is 4.14. The quantitative estimate of drug-likeness (QED) is 0.382. The maximum Gasteiger partial charge on any atom is 0.264 e. The first-order valence-electron chi connectivity index (χ1n) is 11.0. The van der Waals surface area contributed by atoms with Crippen molar-refractivity contribution in [3.8, 4) is 0 Å². The van der Waals surface area contributed by atoms with Crippen molar-refractivity contribution < 1.29 is 4.79 Å². The molecule has 1 aromatic carbocycles. The largest absolute Gasteiger partial charge is 0.329 e. The van der Waals surface area contributed by atoms with Crippen molar-refractivity contribution >= 4 is 27.5 Å². The maximum absolute atomic E-state index is 13.9. The number of thiophene rings is 1. The number of aryl methyl sites for hydroxylation is 3. The maximum atomic E-state index is 13.9. The van der Waals surface area contributed by atoms with Gasteiger partial charge in [0.2, 0.25) is 0 Å². The molecule has 0 N–H and O–H groups in total. The van der Waals surface area contributed by atoms with Gasteiger partial charge >= 0.3 is 0 Å². The van der Waals surface area contributed by atoms with Crippen molar-refractivity contribution in [2.75, 3.05) is 0 Å². The van der Waals surface area contributed by atoms with Gasteiger partial charge < -0.3 is 4.90 Å². The van der Waals surface area contributed by atoms with E-state index in [2.05, 4.69) is 24.0 Å². The molecule has 162 valence electrons. The summed E-state index contributed by atoms with van der Waals surface area (Å²) >= 11 is 1.50. The van der Waals surface area contributed by atoms with Gasteiger partial charge in [-0.1, -0.05) is 30.3 Å². The van der Waals surface area contributed by atoms with Crippen LogP contribution in [0, 0.1) is 20.8 Å². The Bertz CT molecular complexity index is 1290. The van der Waals surface area contributed by atoms with Crippen LogP contribution in [0.5, 0.6) is 0 Å². The van der Waals surface area contributed by atoms with Gasteiger partial charge in [0.1, 0.15) is 10.7 Å². The van der Waals surface area contributed by atoms with Crippen molar-refractivity contribution in [1.82, 2.24) is 19.9 Å². The van der Waals surface area contributed by atoms with E-state index in [0.29, 0.717) is 19.0 Å². The Kier molecular flexibility index (Phi) is 5.47. The highest BCUT2D eigenvalue weighted by Crippen LogP contribution is 2.40. The Morgan fingerprint density at radius 3 is 2.59 bits per heavy atom. The van der Waals surface area contributed by atoms with Crippen molar-refractivity contribution in [2.24, 2.45) is 0 Å². The fourth-order valence-corrected chi connectivity index (χ4v) is 5.34. The Labute approximate surface area is 192 Å². The molecule has 0 radical (unpaired) electrons. The third-order valence-electron chi connectivity index (χ3n) is 6.13. The van der Waals surface area contributed by atoms with Crippen LogP contribution in [-0.2, 0) is 13.1 Å². The smallest absolute Gasteiger partial charge is 0.264 e. The molecule has 32 heavy (non-hydrogen) atoms. The predicted molar refractivity (Wildman–Crippen MR) is 128 cm³/mol. The lowest BCUT2D eigenvalue weighted by Gasteiger charge is -2.23. The van der Waals surface area contributed by atoms with Crippen molar-refractivity contribution in [1.29, 1.82) is 0 Å². The summed E-state index contributed by atoms with van der Waals surface area (Å²) in [5.74, 6) is 1.45. The number of carbonyl (C=O) groups excluding carboxylic acids is 1. The third-order valence-corrected chi connectivity index (χ3v) is 7.30. The summed E-state index contributed by atoms with van der Waals surface area (Å²) in [5, 5.41) is 1.03. The molecular formula is C26H26N4OS. The zero-order valence-electron chi connectivity index (χ0n) is 18.6. The average Bonchev–Trinajstić information content (AvgIpc) is 3.58. The molecule has 0 spiro atoms. The first-order chi connectivity index (χ1) is 15.5. The third kappa shape index (κ3) is 4.02. The number of fused-ring (bicyclic) bond motifs is 1. The van der Waals surface area contributed by atoms with Crippen LogP contribution in [-0.4, -0.2) is 25.8 Å². The second-order valence-corrected chi connectivity index (χ2v) is 9.63. The molecule has 1 amide bonds. The van der Waals surface area contributed by atoms with Crippen LogP contribution in [0.1, 0.15) is 62.2 Å². The van der Waals surface area contributed by atoms with Crippen LogP contribution in [0.15, 0.2) is 48.8 Å². The lowest BCUT2D eigenvalue weighted by Crippen LogP contribution is -2.30. The molecule has 5 nitrogen and oxygen atoms in total. The number of amides is 1. The zero-order valence-corrected chi connectivity index (χ0v) is 19.4. The topological polar surface area (TPSA) is 59.0 Å². The molecule has 4 aromatic rings. The van der Waals surface area contributed by atoms with E-state index in [0.717, 1.165) is 56.1 Å². The van der Waals surface area contributed by atoms with Crippen molar-refractivity contribution in [3.05, 3.63) is 87.4 Å². The number of rotatable bonds is 6. The van der Waals surface area contributed by atoms with E-state index in [1.165, 1.54) is 16.9 Å². The normalized spacial score (nSPS) is 13.5. The Balaban J connectivity index is 1.54. The summed E-state index contributed by atoms with van der Waals surface area (Å²) in [5.41, 5.74) is 5.30. The minimum Gasteiger partial charge on any atom is -0.329 e. The molecule has 1 aliphatic carbocycles. The monoisotopic (exact) mass is 442 g/mol. The van der Waals surface area contributed by atoms with Crippen LogP contribution in [0.4, 0.5) is 0 Å². The molecule has 6 heteroatoms. The van der Waals surface area contributed by atoms with Crippen LogP contribution in [0.2, 0.25) is 0 Å². The minimum absolute atomic E-state index is 0.0324. The van der Waals surface area contributed by atoms with Gasteiger partial charge in [0.15, 0.2) is 0 Å². The first-order valence-corrected chi connectivity index (χ1v) is 11.8. The summed E-state index contributed by atoms with van der Waals surface area (Å²) in [6.45, 7) is 7.20. The van der Waals surface area contributed by atoms with Gasteiger partial charge in [0.05, 0.1) is 10.6 Å². The van der Waals surface area contributed by atoms with Gasteiger partial charge in [-0.05, 0) is 61.9 Å². The number of hydrogen-bond acceptors (Lipinski definition) is 5. The molecule has 3 aromatic heterocycles. The first kappa shape index (κ1) is 20.8. The summed E-state index contributed by atoms with van der Waals surface area (Å²) in [6, 6.07) is 12.2. The zero-order chi connectivity index (χ0) is 22.2. The van der Waals surface area contributed by atoms with Gasteiger partial charge in [0.25, 0.3) is 5.91 Å². The molecule has 5 rings (SSSR count). The van der Waals surface area contributed by atoms with Gasteiger partial charge in [-0.2, -0.15) is 0 Å². The highest BCUT2D eigenvalue weighted by atomic mass is 32.1. The molecule has 1 saturated carbocycles. The van der Waals surface area contributed by atoms with Crippen molar-refractivity contribution in [2.45, 2.75) is 52.6 Å². The number of hydrogen-bond donors (Lipinski definition) is 0. The molecule has 1 aliphatic rings. The van der Waals surface area contributed by atoms with Crippen LogP contribution < -0.4 is 0 Å². The SMILES string of the molecule is Cc1ccccc1CN(Cc1cccnc1)C(=O)c1sc2nc(C3CC3)nc(C)c2c1C. The fraction of sp³-hybridized carbons (Fsp3) is 0.308. The molecule has 0 saturated heterocycles. The van der Waals surface area contributed by atoms with Gasteiger partial charge in [0, 0.05) is 36.8 Å². The second-order valence-electron chi connectivity index (χ2n) is 8.63. The highest BCUT2D eigenvalue weighted by Gasteiger charge is 2.29. The summed E-state index contributed by atoms with van der Waals surface area (Å²) in [6.07, 6.45) is 5.91. The molecule has 0 bridgehead atoms. The molecule has 3 heterocycles. The van der Waals surface area contributed by atoms with E-state index in [9.17, 15) is 4.79 Å². The van der Waals surface area contributed by atoms with Crippen LogP contribution >= 0.6 is 11.3 Å². The van der Waals surface area contributed by atoms with Gasteiger partial charge in [-0.3, -0.25) is 9.78 Å². The summed E-state index contributed by atoms with van der Waals surface area (Å²) < 4.78 is 0. The molecular weight excluding hydrogens is 416 g/mol. The molecule has 0 aliphatic heterocycles. The van der Waals surface area contributed by atoms with E-state index < -0.39 is 0 Å². The Hall–Kier alpha value is -3.12. The van der Waals surface area contributed by atoms with Crippen molar-refractivity contribution in [3.63, 3.8) is 0 Å². The van der Waals surface area contributed by atoms with Crippen LogP contribution in [0.25, 0.3) is 10.2 Å². The van der Waals surface area contributed by atoms with E-state index in [1.807, 2.05) is 49.2 Å². The minimum atomic E-state index is 0.0324. The average molecular weight is 443 g/mol. The van der Waals surface area contributed by atoms with E-state index in [1.54, 1.807) is 6.20 Å². The number of aromatic nitrogens is 3. The highest BCUT2D eigenvalue weighted by molar-refractivity contribution is 7.20. The van der Waals surface area contributed by atoms with E-state index in [4.69, 9.17) is 9.97 Å². The Morgan fingerprint density at radius 2 is 1.88 bits per heavy atom. The lowest BCUT2D eigenvalue weighted by atomic mass is 10.1. The number of benzene rings is 1. The number of nitrogens with zero attached hydrogens (tertiary/aromatic N) is 4. The predicted octanol–water partition coefficient (Wildman–Crippen LogP) is 5.73. The van der Waals surface area contributed by atoms with Crippen LogP contribution in [0.3, 0.4) is 0 Å². The standard InChI is InChI=1S/C26H26N4OS/c1-16-7-4-5-9-21(16)15-30(14-19-8-6-12-27-13-19)26(31)23-17(2)22-18(3)28-24(20-10-11-20)29-25(22)32-23/h4-9,12-13,20H,10-11,14-15H2,1-3H3. The van der Waals surface area contributed by atoms with E-state index in [-0.39, 0.29) is 5.91 Å². The lowest BCUT2D eigenvalue weighted by molar-refractivity contribution is 0.0734. The van der Waals surface area contributed by atoms with Gasteiger partial charge in [-0.15, -0.1) is 11.3 Å². The summed E-state index contributed by atoms with van der Waals surface area (Å²) in [4.78, 5) is 31.3. The Morgan fingerprint density at radius 1 is 1.06 bits per heavy atom. The molecule has 1 fully saturated rings. The summed E-state index contributed by atoms with van der Waals surface area (Å²) in [7, 11) is 0. The number of pyridine rings is 1. The van der Waals surface area contributed by atoms with Gasteiger partial charge in [-0.25, -0.2) is 9.97 Å². The second kappa shape index (κ2) is 8.43. The number of carbonyl (C=O) groups is 1. The molecule has 0 unspecified atom stereocenters. The van der Waals surface area contributed by atoms with E-state index >= 15 is 0 Å². The molecule has 0 atom stereocenters.